The minimum absolute atomic E-state index is 0.0724. The predicted octanol–water partition coefficient (Wildman–Crippen LogP) is 6.77. The third kappa shape index (κ3) is 3.92. The Morgan fingerprint density at radius 2 is 1.88 bits per heavy atom. The number of aromatic nitrogens is 1. The van der Waals surface area contributed by atoms with Crippen molar-refractivity contribution >= 4 is 45.0 Å². The van der Waals surface area contributed by atoms with E-state index in [0.29, 0.717) is 0 Å². The van der Waals surface area contributed by atoms with Gasteiger partial charge in [-0.25, -0.2) is 4.99 Å². The number of amides is 1. The molecule has 0 bridgehead atoms. The Balaban J connectivity index is 1.53. The van der Waals surface area contributed by atoms with Crippen LogP contribution in [0, 0.1) is 0 Å². The highest BCUT2D eigenvalue weighted by Crippen LogP contribution is 2.40. The molecule has 1 amide bonds. The van der Waals surface area contributed by atoms with Crippen LogP contribution in [0.15, 0.2) is 78.4 Å². The molecule has 1 aliphatic carbocycles. The number of rotatable bonds is 6. The first kappa shape index (κ1) is 20.5. The van der Waals surface area contributed by atoms with E-state index in [1.807, 2.05) is 54.8 Å². The molecule has 0 atom stereocenters. The van der Waals surface area contributed by atoms with Crippen molar-refractivity contribution in [2.75, 3.05) is 5.32 Å². The van der Waals surface area contributed by atoms with Crippen LogP contribution in [0.5, 0.6) is 0 Å². The molecule has 2 aromatic heterocycles. The maximum absolute atomic E-state index is 13.3. The Morgan fingerprint density at radius 3 is 2.72 bits per heavy atom. The maximum Gasteiger partial charge on any atom is 0.259 e. The SMILES string of the molecule is C=CCn1cc(C=Nc2sc3c(c2C(=O)Nc2ccccc2)CCCC3)c2ccccc21. The number of aliphatic imine (C=N–C) groups is 1. The van der Waals surface area contributed by atoms with Gasteiger partial charge >= 0.3 is 0 Å². The monoisotopic (exact) mass is 439 g/mol. The second-order valence-corrected chi connectivity index (χ2v) is 9.10. The van der Waals surface area contributed by atoms with Crippen LogP contribution in [0.4, 0.5) is 10.7 Å². The van der Waals surface area contributed by atoms with Gasteiger partial charge in [0.1, 0.15) is 5.00 Å². The minimum Gasteiger partial charge on any atom is -0.343 e. The van der Waals surface area contributed by atoms with Crippen molar-refractivity contribution in [3.05, 3.63) is 95.0 Å². The normalized spacial score (nSPS) is 13.4. The van der Waals surface area contributed by atoms with Gasteiger partial charge in [-0.3, -0.25) is 4.79 Å². The average molecular weight is 440 g/mol. The molecule has 0 aliphatic heterocycles. The molecule has 4 aromatic rings. The lowest BCUT2D eigenvalue weighted by Gasteiger charge is -2.12. The van der Waals surface area contributed by atoms with Gasteiger partial charge in [0, 0.05) is 46.0 Å². The van der Waals surface area contributed by atoms with E-state index in [1.54, 1.807) is 11.3 Å². The van der Waals surface area contributed by atoms with Gasteiger partial charge < -0.3 is 9.88 Å². The summed E-state index contributed by atoms with van der Waals surface area (Å²) < 4.78 is 2.17. The van der Waals surface area contributed by atoms with E-state index in [2.05, 4.69) is 34.8 Å². The lowest BCUT2D eigenvalue weighted by atomic mass is 9.95. The molecule has 0 saturated carbocycles. The minimum atomic E-state index is -0.0724. The number of carbonyl (C=O) groups excluding carboxylic acids is 1. The van der Waals surface area contributed by atoms with Gasteiger partial charge in [-0.15, -0.1) is 17.9 Å². The molecule has 4 nitrogen and oxygen atoms in total. The Morgan fingerprint density at radius 1 is 1.09 bits per heavy atom. The van der Waals surface area contributed by atoms with Crippen molar-refractivity contribution in [3.63, 3.8) is 0 Å². The van der Waals surface area contributed by atoms with Crippen molar-refractivity contribution < 1.29 is 4.79 Å². The van der Waals surface area contributed by atoms with Gasteiger partial charge in [0.2, 0.25) is 0 Å². The van der Waals surface area contributed by atoms with Crippen molar-refractivity contribution in [2.24, 2.45) is 4.99 Å². The first-order valence-electron chi connectivity index (χ1n) is 11.0. The number of fused-ring (bicyclic) bond motifs is 2. The molecule has 0 spiro atoms. The van der Waals surface area contributed by atoms with Crippen LogP contribution in [-0.2, 0) is 19.4 Å². The topological polar surface area (TPSA) is 46.4 Å². The first-order chi connectivity index (χ1) is 15.7. The van der Waals surface area contributed by atoms with Crippen LogP contribution in [-0.4, -0.2) is 16.7 Å². The van der Waals surface area contributed by atoms with E-state index in [9.17, 15) is 4.79 Å². The average Bonchev–Trinajstić information content (AvgIpc) is 3.37. The molecule has 0 fully saturated rings. The van der Waals surface area contributed by atoms with E-state index in [0.717, 1.165) is 58.5 Å². The summed E-state index contributed by atoms with van der Waals surface area (Å²) in [6.07, 6.45) is 10.2. The highest BCUT2D eigenvalue weighted by Gasteiger charge is 2.25. The van der Waals surface area contributed by atoms with Gasteiger partial charge in [-0.05, 0) is 49.4 Å². The van der Waals surface area contributed by atoms with Crippen LogP contribution in [0.3, 0.4) is 0 Å². The summed E-state index contributed by atoms with van der Waals surface area (Å²) in [7, 11) is 0. The second-order valence-electron chi connectivity index (χ2n) is 8.01. The second kappa shape index (κ2) is 8.97. The summed E-state index contributed by atoms with van der Waals surface area (Å²) in [4.78, 5) is 19.5. The molecule has 2 aromatic carbocycles. The summed E-state index contributed by atoms with van der Waals surface area (Å²) in [5.41, 5.74) is 4.91. The molecule has 5 rings (SSSR count). The van der Waals surface area contributed by atoms with E-state index in [-0.39, 0.29) is 5.91 Å². The van der Waals surface area contributed by atoms with Gasteiger partial charge in [0.25, 0.3) is 5.91 Å². The van der Waals surface area contributed by atoms with E-state index in [1.165, 1.54) is 16.9 Å². The fraction of sp³-hybridized carbons (Fsp3) is 0.185. The Labute approximate surface area is 191 Å². The molecule has 32 heavy (non-hydrogen) atoms. The fourth-order valence-electron chi connectivity index (χ4n) is 4.39. The lowest BCUT2D eigenvalue weighted by Crippen LogP contribution is -2.14. The van der Waals surface area contributed by atoms with Crippen molar-refractivity contribution in [3.8, 4) is 0 Å². The largest absolute Gasteiger partial charge is 0.343 e. The van der Waals surface area contributed by atoms with E-state index in [4.69, 9.17) is 4.99 Å². The molecule has 0 saturated heterocycles. The van der Waals surface area contributed by atoms with Crippen LogP contribution >= 0.6 is 11.3 Å². The van der Waals surface area contributed by atoms with Crippen molar-refractivity contribution in [1.82, 2.24) is 4.57 Å². The summed E-state index contributed by atoms with van der Waals surface area (Å²) in [5.74, 6) is -0.0724. The zero-order valence-corrected chi connectivity index (χ0v) is 18.7. The number of carbonyl (C=O) groups is 1. The zero-order chi connectivity index (χ0) is 21.9. The third-order valence-corrected chi connectivity index (χ3v) is 7.08. The van der Waals surface area contributed by atoms with Crippen LogP contribution in [0.2, 0.25) is 0 Å². The number of allylic oxidation sites excluding steroid dienone is 1. The molecule has 0 radical (unpaired) electrons. The molecule has 1 N–H and O–H groups in total. The number of nitrogens with zero attached hydrogens (tertiary/aromatic N) is 2. The summed E-state index contributed by atoms with van der Waals surface area (Å²) in [5, 5.41) is 5.01. The molecular formula is C27H25N3OS. The van der Waals surface area contributed by atoms with Crippen LogP contribution in [0.25, 0.3) is 10.9 Å². The van der Waals surface area contributed by atoms with Crippen molar-refractivity contribution in [2.45, 2.75) is 32.2 Å². The van der Waals surface area contributed by atoms with Gasteiger partial charge in [-0.2, -0.15) is 0 Å². The smallest absolute Gasteiger partial charge is 0.259 e. The number of anilines is 1. The molecule has 0 unspecified atom stereocenters. The molecule has 160 valence electrons. The van der Waals surface area contributed by atoms with Crippen LogP contribution < -0.4 is 5.32 Å². The number of hydrogen-bond acceptors (Lipinski definition) is 3. The number of nitrogens with one attached hydrogen (secondary N) is 1. The van der Waals surface area contributed by atoms with E-state index < -0.39 is 0 Å². The number of benzene rings is 2. The Kier molecular flexibility index (Phi) is 5.73. The molecule has 1 aliphatic rings. The fourth-order valence-corrected chi connectivity index (χ4v) is 5.62. The number of para-hydroxylation sites is 2. The quantitative estimate of drug-likeness (QED) is 0.261. The zero-order valence-electron chi connectivity index (χ0n) is 17.9. The van der Waals surface area contributed by atoms with Gasteiger partial charge in [0.15, 0.2) is 0 Å². The first-order valence-corrected chi connectivity index (χ1v) is 11.8. The van der Waals surface area contributed by atoms with Gasteiger partial charge in [-0.1, -0.05) is 42.5 Å². The predicted molar refractivity (Wildman–Crippen MR) is 135 cm³/mol. The molecule has 5 heteroatoms. The molecule has 2 heterocycles. The number of thiophene rings is 1. The third-order valence-electron chi connectivity index (χ3n) is 5.88. The maximum atomic E-state index is 13.3. The summed E-state index contributed by atoms with van der Waals surface area (Å²) in [6, 6.07) is 17.9. The molecular weight excluding hydrogens is 414 g/mol. The lowest BCUT2D eigenvalue weighted by molar-refractivity contribution is 0.102. The van der Waals surface area contributed by atoms with Crippen LogP contribution in [0.1, 0.15) is 39.2 Å². The number of hydrogen-bond donors (Lipinski definition) is 1. The highest BCUT2D eigenvalue weighted by atomic mass is 32.1. The van der Waals surface area contributed by atoms with Crippen molar-refractivity contribution in [1.29, 1.82) is 0 Å². The Hall–Kier alpha value is -3.44. The van der Waals surface area contributed by atoms with Gasteiger partial charge in [0.05, 0.1) is 5.56 Å². The highest BCUT2D eigenvalue weighted by molar-refractivity contribution is 7.16. The standard InChI is InChI=1S/C27H25N3OS/c1-2-16-30-18-19(21-12-6-8-14-23(21)30)17-28-27-25(22-13-7-9-15-24(22)32-27)26(31)29-20-10-4-3-5-11-20/h2-6,8,10-12,14,17-18H,1,7,9,13,15-16H2,(H,29,31). The van der Waals surface area contributed by atoms with E-state index >= 15 is 0 Å². The summed E-state index contributed by atoms with van der Waals surface area (Å²) >= 11 is 1.66. The Bertz CT molecular complexity index is 1310. The summed E-state index contributed by atoms with van der Waals surface area (Å²) in [6.45, 7) is 4.61. The number of aryl methyl sites for hydroxylation is 1.